The molecule has 0 bridgehead atoms. The molecule has 1 amide bonds. The molecular weight excluding hydrogens is 600 g/mol. The number of benzene rings is 2. The molecule has 1 aromatic heterocycles. The normalized spacial score (nSPS) is 14.5. The van der Waals surface area contributed by atoms with Crippen LogP contribution in [0.1, 0.15) is 38.1 Å². The molecule has 0 unspecified atom stereocenters. The maximum Gasteiger partial charge on any atom is 0.270 e. The van der Waals surface area contributed by atoms with Crippen LogP contribution < -0.4 is 10.2 Å². The van der Waals surface area contributed by atoms with Gasteiger partial charge >= 0.3 is 0 Å². The van der Waals surface area contributed by atoms with E-state index in [2.05, 4.69) is 20.1 Å². The third-order valence-electron chi connectivity index (χ3n) is 6.82. The zero-order valence-corrected chi connectivity index (χ0v) is 26.8. The number of hydrogen-bond acceptors (Lipinski definition) is 9. The maximum atomic E-state index is 13.2. The van der Waals surface area contributed by atoms with Gasteiger partial charge in [-0.15, -0.1) is 12.4 Å². The number of carbonyl (C=O) groups is 1. The van der Waals surface area contributed by atoms with Gasteiger partial charge in [-0.25, -0.2) is 13.4 Å². The van der Waals surface area contributed by atoms with Crippen LogP contribution in [0.25, 0.3) is 10.2 Å². The number of sulfonamides is 1. The first-order chi connectivity index (χ1) is 19.4. The van der Waals surface area contributed by atoms with Crippen molar-refractivity contribution in [3.63, 3.8) is 0 Å². The second kappa shape index (κ2) is 14.6. The lowest BCUT2D eigenvalue weighted by Gasteiger charge is -2.34. The number of piperazine rings is 1. The summed E-state index contributed by atoms with van der Waals surface area (Å²) in [6.45, 7) is 13.2. The number of nitrogens with zero attached hydrogens (tertiary/aromatic N) is 5. The molecule has 4 rings (SSSR count). The zero-order valence-electron chi connectivity index (χ0n) is 24.4. The number of nitro benzene ring substituents is 1. The third-order valence-corrected chi connectivity index (χ3v) is 9.74. The molecule has 2 aromatic carbocycles. The predicted molar refractivity (Wildman–Crippen MR) is 169 cm³/mol. The van der Waals surface area contributed by atoms with Gasteiger partial charge in [-0.2, -0.15) is 4.31 Å². The van der Waals surface area contributed by atoms with Gasteiger partial charge in [0.1, 0.15) is 0 Å². The Hall–Kier alpha value is -2.84. The molecule has 2 heterocycles. The van der Waals surface area contributed by atoms with Gasteiger partial charge in [0.2, 0.25) is 10.0 Å². The number of non-ortho nitro benzene ring substituents is 1. The molecule has 230 valence electrons. The lowest BCUT2D eigenvalue weighted by Crippen LogP contribution is -2.48. The molecule has 14 heteroatoms. The average molecular weight is 639 g/mol. The van der Waals surface area contributed by atoms with Crippen LogP contribution in [0.15, 0.2) is 47.4 Å². The van der Waals surface area contributed by atoms with Crippen LogP contribution in [0.2, 0.25) is 0 Å². The topological polar surface area (TPSA) is 129 Å². The van der Waals surface area contributed by atoms with Gasteiger partial charge in [-0.3, -0.25) is 19.8 Å². The SMILES string of the molecule is CC(C)CN(CC(C)C)S(=O)(=O)c1ccc(C(=O)NCCN2CCN(c3nc4ccc([N+](=O)[O-])cc4s3)CC2)cc1.Cl. The first-order valence-corrected chi connectivity index (χ1v) is 16.1. The number of amides is 1. The van der Waals surface area contributed by atoms with Crippen LogP contribution >= 0.6 is 23.7 Å². The van der Waals surface area contributed by atoms with Crippen molar-refractivity contribution in [2.75, 3.05) is 57.3 Å². The largest absolute Gasteiger partial charge is 0.351 e. The number of carbonyl (C=O) groups excluding carboxylic acids is 1. The van der Waals surface area contributed by atoms with Crippen LogP contribution in [0.3, 0.4) is 0 Å². The summed E-state index contributed by atoms with van der Waals surface area (Å²) in [5.41, 5.74) is 1.24. The minimum Gasteiger partial charge on any atom is -0.351 e. The van der Waals surface area contributed by atoms with Crippen molar-refractivity contribution in [3.8, 4) is 0 Å². The Bertz CT molecular complexity index is 1460. The second-order valence-corrected chi connectivity index (χ2v) is 14.1. The molecule has 1 aliphatic heterocycles. The van der Waals surface area contributed by atoms with Crippen molar-refractivity contribution in [2.45, 2.75) is 32.6 Å². The molecular formula is C28H39ClN6O5S2. The van der Waals surface area contributed by atoms with E-state index in [1.54, 1.807) is 24.3 Å². The average Bonchev–Trinajstić information content (AvgIpc) is 3.36. The molecule has 42 heavy (non-hydrogen) atoms. The van der Waals surface area contributed by atoms with Gasteiger partial charge in [-0.05, 0) is 42.2 Å². The molecule has 0 spiro atoms. The fraction of sp³-hybridized carbons (Fsp3) is 0.500. The van der Waals surface area contributed by atoms with E-state index in [0.717, 1.165) is 41.5 Å². The predicted octanol–water partition coefficient (Wildman–Crippen LogP) is 4.48. The van der Waals surface area contributed by atoms with E-state index in [0.29, 0.717) is 31.7 Å². The van der Waals surface area contributed by atoms with E-state index < -0.39 is 14.9 Å². The Morgan fingerprint density at radius 1 is 1.05 bits per heavy atom. The van der Waals surface area contributed by atoms with E-state index in [1.807, 2.05) is 27.7 Å². The number of anilines is 1. The molecule has 0 atom stereocenters. The lowest BCUT2D eigenvalue weighted by molar-refractivity contribution is -0.384. The van der Waals surface area contributed by atoms with E-state index >= 15 is 0 Å². The van der Waals surface area contributed by atoms with Crippen LogP contribution in [-0.4, -0.2) is 85.8 Å². The number of nitro groups is 1. The number of rotatable bonds is 12. The minimum atomic E-state index is -3.64. The summed E-state index contributed by atoms with van der Waals surface area (Å²) >= 11 is 1.46. The summed E-state index contributed by atoms with van der Waals surface area (Å²) in [6, 6.07) is 10.9. The van der Waals surface area contributed by atoms with E-state index in [4.69, 9.17) is 0 Å². The highest BCUT2D eigenvalue weighted by Crippen LogP contribution is 2.31. The van der Waals surface area contributed by atoms with Gasteiger partial charge in [0.25, 0.3) is 11.6 Å². The molecule has 0 saturated carbocycles. The van der Waals surface area contributed by atoms with E-state index in [-0.39, 0.29) is 40.7 Å². The molecule has 11 nitrogen and oxygen atoms in total. The summed E-state index contributed by atoms with van der Waals surface area (Å²) in [5.74, 6) is 0.169. The van der Waals surface area contributed by atoms with Gasteiger partial charge < -0.3 is 10.2 Å². The fourth-order valence-electron chi connectivity index (χ4n) is 4.76. The third kappa shape index (κ3) is 8.38. The standard InChI is InChI=1S/C28H38N6O5S2.ClH/c1-20(2)18-33(19-21(3)4)41(38,39)24-8-5-22(6-9-24)27(35)29-11-12-31-13-15-32(16-14-31)28-30-25-10-7-23(34(36)37)17-26(25)40-28;/h5-10,17,20-21H,11-16,18-19H2,1-4H3,(H,29,35);1H. The number of fused-ring (bicyclic) bond motifs is 1. The summed E-state index contributed by atoms with van der Waals surface area (Å²) < 4.78 is 28.8. The molecule has 1 saturated heterocycles. The number of thiazole rings is 1. The van der Waals surface area contributed by atoms with Crippen molar-refractivity contribution < 1.29 is 18.1 Å². The highest BCUT2D eigenvalue weighted by molar-refractivity contribution is 7.89. The number of halogens is 1. The summed E-state index contributed by atoms with van der Waals surface area (Å²) in [5, 5.41) is 14.8. The monoisotopic (exact) mass is 638 g/mol. The molecule has 3 aromatic rings. The molecule has 0 aliphatic carbocycles. The summed E-state index contributed by atoms with van der Waals surface area (Å²) in [6.07, 6.45) is 0. The number of aromatic nitrogens is 1. The highest BCUT2D eigenvalue weighted by atomic mass is 35.5. The Balaban J connectivity index is 0.00000484. The first-order valence-electron chi connectivity index (χ1n) is 13.8. The summed E-state index contributed by atoms with van der Waals surface area (Å²) in [4.78, 5) is 32.7. The smallest absolute Gasteiger partial charge is 0.270 e. The van der Waals surface area contributed by atoms with Crippen molar-refractivity contribution in [1.82, 2.24) is 19.5 Å². The van der Waals surface area contributed by atoms with E-state index in [1.165, 1.54) is 33.8 Å². The lowest BCUT2D eigenvalue weighted by atomic mass is 10.2. The van der Waals surface area contributed by atoms with Gasteiger partial charge in [0.15, 0.2) is 5.13 Å². The van der Waals surface area contributed by atoms with Crippen LogP contribution in [0.5, 0.6) is 0 Å². The van der Waals surface area contributed by atoms with Gasteiger partial charge in [0.05, 0.1) is 20.0 Å². The van der Waals surface area contributed by atoms with Gasteiger partial charge in [0, 0.05) is 70.1 Å². The Labute approximate surface area is 257 Å². The highest BCUT2D eigenvalue weighted by Gasteiger charge is 2.26. The van der Waals surface area contributed by atoms with Crippen LogP contribution in [0, 0.1) is 22.0 Å². The van der Waals surface area contributed by atoms with E-state index in [9.17, 15) is 23.3 Å². The second-order valence-electron chi connectivity index (χ2n) is 11.1. The minimum absolute atomic E-state index is 0. The van der Waals surface area contributed by atoms with Crippen molar-refractivity contribution in [2.24, 2.45) is 11.8 Å². The first kappa shape index (κ1) is 33.7. The summed E-state index contributed by atoms with van der Waals surface area (Å²) in [7, 11) is -3.64. The zero-order chi connectivity index (χ0) is 29.7. The fourth-order valence-corrected chi connectivity index (χ4v) is 7.57. The Kier molecular flexibility index (Phi) is 11.7. The molecule has 0 radical (unpaired) electrons. The van der Waals surface area contributed by atoms with Crippen LogP contribution in [-0.2, 0) is 10.0 Å². The Morgan fingerprint density at radius 2 is 1.67 bits per heavy atom. The number of nitrogens with one attached hydrogen (secondary N) is 1. The van der Waals surface area contributed by atoms with Crippen molar-refractivity contribution in [1.29, 1.82) is 0 Å². The molecule has 1 N–H and O–H groups in total. The Morgan fingerprint density at radius 3 is 2.24 bits per heavy atom. The van der Waals surface area contributed by atoms with Crippen molar-refractivity contribution in [3.05, 3.63) is 58.1 Å². The quantitative estimate of drug-likeness (QED) is 0.227. The molecule has 1 fully saturated rings. The van der Waals surface area contributed by atoms with Crippen molar-refractivity contribution >= 4 is 60.7 Å². The molecule has 1 aliphatic rings. The van der Waals surface area contributed by atoms with Gasteiger partial charge in [-0.1, -0.05) is 39.0 Å². The maximum absolute atomic E-state index is 13.2. The van der Waals surface area contributed by atoms with Crippen LogP contribution in [0.4, 0.5) is 10.8 Å². The number of hydrogen-bond donors (Lipinski definition) is 1.